The fourth-order valence-corrected chi connectivity index (χ4v) is 2.78. The monoisotopic (exact) mass is 315 g/mol. The molecule has 4 nitrogen and oxygen atoms in total. The molecule has 0 unspecified atom stereocenters. The Morgan fingerprint density at radius 2 is 1.95 bits per heavy atom. The van der Waals surface area contributed by atoms with Crippen molar-refractivity contribution in [1.82, 2.24) is 4.98 Å². The zero-order chi connectivity index (χ0) is 15.9. The summed E-state index contributed by atoms with van der Waals surface area (Å²) in [6.07, 6.45) is 1.83. The van der Waals surface area contributed by atoms with Crippen molar-refractivity contribution in [1.29, 1.82) is 0 Å². The highest BCUT2D eigenvalue weighted by atomic mass is 32.2. The van der Waals surface area contributed by atoms with Crippen LogP contribution < -0.4 is 0 Å². The molecule has 22 heavy (non-hydrogen) atoms. The van der Waals surface area contributed by atoms with Crippen molar-refractivity contribution in [2.24, 2.45) is 0 Å². The highest BCUT2D eigenvalue weighted by Crippen LogP contribution is 2.27. The molecule has 0 aliphatic heterocycles. The van der Waals surface area contributed by atoms with Gasteiger partial charge in [-0.3, -0.25) is 9.59 Å². The van der Waals surface area contributed by atoms with Gasteiger partial charge in [0, 0.05) is 10.5 Å². The Morgan fingerprint density at radius 1 is 1.23 bits per heavy atom. The number of aryl methyl sites for hydroxylation is 1. The maximum absolute atomic E-state index is 11.2. The second kappa shape index (κ2) is 7.75. The van der Waals surface area contributed by atoms with E-state index in [2.05, 4.69) is 9.72 Å². The highest BCUT2D eigenvalue weighted by Gasteiger charge is 2.06. The van der Waals surface area contributed by atoms with Crippen LogP contribution in [0.25, 0.3) is 0 Å². The average molecular weight is 315 g/mol. The van der Waals surface area contributed by atoms with E-state index in [4.69, 9.17) is 0 Å². The van der Waals surface area contributed by atoms with Gasteiger partial charge in [-0.15, -0.1) is 0 Å². The molecule has 114 valence electrons. The second-order valence-corrected chi connectivity index (χ2v) is 5.75. The molecular weight excluding hydrogens is 298 g/mol. The van der Waals surface area contributed by atoms with Crippen molar-refractivity contribution in [3.05, 3.63) is 53.2 Å². The van der Waals surface area contributed by atoms with E-state index in [1.165, 1.54) is 18.9 Å². The van der Waals surface area contributed by atoms with E-state index in [0.717, 1.165) is 33.9 Å². The molecule has 5 heteroatoms. The molecule has 2 rings (SSSR count). The van der Waals surface area contributed by atoms with Crippen LogP contribution in [0.2, 0.25) is 0 Å². The minimum atomic E-state index is -0.251. The van der Waals surface area contributed by atoms with Crippen LogP contribution in [0.15, 0.2) is 46.3 Å². The number of carbonyl (C=O) groups excluding carboxylic acids is 2. The van der Waals surface area contributed by atoms with E-state index in [-0.39, 0.29) is 12.4 Å². The van der Waals surface area contributed by atoms with Crippen LogP contribution in [0.4, 0.5) is 0 Å². The van der Waals surface area contributed by atoms with Crippen LogP contribution in [-0.4, -0.2) is 24.3 Å². The smallest absolute Gasteiger partial charge is 0.309 e. The summed E-state index contributed by atoms with van der Waals surface area (Å²) in [6.45, 7) is 1.98. The maximum Gasteiger partial charge on any atom is 0.309 e. The lowest BCUT2D eigenvalue weighted by Crippen LogP contribution is -2.04. The molecular formula is C17H17NO3S. The normalized spacial score (nSPS) is 10.3. The van der Waals surface area contributed by atoms with Crippen LogP contribution in [0.5, 0.6) is 0 Å². The third kappa shape index (κ3) is 4.18. The molecule has 0 amide bonds. The van der Waals surface area contributed by atoms with Crippen molar-refractivity contribution in [3.8, 4) is 0 Å². The van der Waals surface area contributed by atoms with Crippen LogP contribution in [-0.2, 0) is 22.4 Å². The summed E-state index contributed by atoms with van der Waals surface area (Å²) in [6, 6.07) is 11.3. The van der Waals surface area contributed by atoms with Gasteiger partial charge >= 0.3 is 5.97 Å². The Kier molecular flexibility index (Phi) is 5.72. The molecule has 0 saturated carbocycles. The lowest BCUT2D eigenvalue weighted by molar-refractivity contribution is -0.139. The largest absolute Gasteiger partial charge is 0.469 e. The summed E-state index contributed by atoms with van der Waals surface area (Å²) in [4.78, 5) is 27.7. The summed E-state index contributed by atoms with van der Waals surface area (Å²) in [5.74, 6) is -0.251. The number of carbonyl (C=O) groups is 2. The zero-order valence-electron chi connectivity index (χ0n) is 12.5. The van der Waals surface area contributed by atoms with Crippen molar-refractivity contribution >= 4 is 24.0 Å². The number of rotatable bonds is 6. The van der Waals surface area contributed by atoms with Crippen LogP contribution in [0.1, 0.15) is 28.5 Å². The molecule has 0 saturated heterocycles. The average Bonchev–Trinajstić information content (AvgIpc) is 2.56. The standard InChI is InChI=1S/C17H17NO3S/c1-3-15-13(11-19)6-9-16(18-15)22-14-7-4-12(5-8-14)10-17(20)21-2/h4-9,11H,3,10H2,1-2H3. The van der Waals surface area contributed by atoms with Gasteiger partial charge in [0.05, 0.1) is 19.2 Å². The lowest BCUT2D eigenvalue weighted by Gasteiger charge is -2.06. The summed E-state index contributed by atoms with van der Waals surface area (Å²) >= 11 is 1.53. The number of benzene rings is 1. The first kappa shape index (κ1) is 16.2. The Bertz CT molecular complexity index is 668. The molecule has 0 fully saturated rings. The number of methoxy groups -OCH3 is 1. The molecule has 0 N–H and O–H groups in total. The van der Waals surface area contributed by atoms with Gasteiger partial charge in [0.2, 0.25) is 0 Å². The van der Waals surface area contributed by atoms with Crippen LogP contribution >= 0.6 is 11.8 Å². The number of hydrogen-bond acceptors (Lipinski definition) is 5. The molecule has 1 aromatic carbocycles. The van der Waals surface area contributed by atoms with E-state index in [1.54, 1.807) is 6.07 Å². The van der Waals surface area contributed by atoms with Gasteiger partial charge in [-0.25, -0.2) is 4.98 Å². The molecule has 0 bridgehead atoms. The van der Waals surface area contributed by atoms with E-state index in [1.807, 2.05) is 37.3 Å². The quantitative estimate of drug-likeness (QED) is 0.604. The van der Waals surface area contributed by atoms with Gasteiger partial charge in [-0.2, -0.15) is 0 Å². The first-order valence-corrected chi connectivity index (χ1v) is 7.76. The van der Waals surface area contributed by atoms with E-state index in [0.29, 0.717) is 5.56 Å². The molecule has 0 spiro atoms. The molecule has 0 radical (unpaired) electrons. The highest BCUT2D eigenvalue weighted by molar-refractivity contribution is 7.99. The van der Waals surface area contributed by atoms with Gasteiger partial charge in [0.1, 0.15) is 5.03 Å². The lowest BCUT2D eigenvalue weighted by atomic mass is 10.2. The van der Waals surface area contributed by atoms with Crippen molar-refractivity contribution < 1.29 is 14.3 Å². The number of ether oxygens (including phenoxy) is 1. The summed E-state index contributed by atoms with van der Waals surface area (Å²) < 4.78 is 4.64. The van der Waals surface area contributed by atoms with Gasteiger partial charge in [-0.1, -0.05) is 30.8 Å². The topological polar surface area (TPSA) is 56.3 Å². The fourth-order valence-electron chi connectivity index (χ4n) is 1.97. The molecule has 0 atom stereocenters. The minimum Gasteiger partial charge on any atom is -0.469 e. The summed E-state index contributed by atoms with van der Waals surface area (Å²) in [5.41, 5.74) is 2.36. The number of aldehydes is 1. The SMILES string of the molecule is CCc1nc(Sc2ccc(CC(=O)OC)cc2)ccc1C=O. The van der Waals surface area contributed by atoms with Crippen LogP contribution in [0.3, 0.4) is 0 Å². The van der Waals surface area contributed by atoms with Crippen molar-refractivity contribution in [3.63, 3.8) is 0 Å². The zero-order valence-corrected chi connectivity index (χ0v) is 13.4. The second-order valence-electron chi connectivity index (χ2n) is 4.66. The molecule has 1 heterocycles. The molecule has 0 aliphatic carbocycles. The predicted molar refractivity (Wildman–Crippen MR) is 85.3 cm³/mol. The van der Waals surface area contributed by atoms with E-state index in [9.17, 15) is 9.59 Å². The fraction of sp³-hybridized carbons (Fsp3) is 0.235. The maximum atomic E-state index is 11.2. The number of esters is 1. The van der Waals surface area contributed by atoms with Gasteiger partial charge in [-0.05, 0) is 36.2 Å². The number of pyridine rings is 1. The van der Waals surface area contributed by atoms with Gasteiger partial charge in [0.15, 0.2) is 6.29 Å². The molecule has 1 aromatic heterocycles. The van der Waals surface area contributed by atoms with E-state index < -0.39 is 0 Å². The third-order valence-electron chi connectivity index (χ3n) is 3.17. The minimum absolute atomic E-state index is 0.251. The molecule has 0 aliphatic rings. The van der Waals surface area contributed by atoms with Crippen molar-refractivity contribution in [2.45, 2.75) is 29.7 Å². The van der Waals surface area contributed by atoms with Gasteiger partial charge < -0.3 is 4.74 Å². The number of nitrogens with zero attached hydrogens (tertiary/aromatic N) is 1. The van der Waals surface area contributed by atoms with Gasteiger partial charge in [0.25, 0.3) is 0 Å². The Hall–Kier alpha value is -2.14. The molecule has 2 aromatic rings. The number of hydrogen-bond donors (Lipinski definition) is 0. The predicted octanol–water partition coefficient (Wildman–Crippen LogP) is 3.32. The van der Waals surface area contributed by atoms with Crippen LogP contribution in [0, 0.1) is 0 Å². The first-order valence-electron chi connectivity index (χ1n) is 6.95. The van der Waals surface area contributed by atoms with E-state index >= 15 is 0 Å². The summed E-state index contributed by atoms with van der Waals surface area (Å²) in [5, 5.41) is 0.850. The Morgan fingerprint density at radius 3 is 2.55 bits per heavy atom. The van der Waals surface area contributed by atoms with Crippen molar-refractivity contribution in [2.75, 3.05) is 7.11 Å². The number of aromatic nitrogens is 1. The third-order valence-corrected chi connectivity index (χ3v) is 4.11. The summed E-state index contributed by atoms with van der Waals surface area (Å²) in [7, 11) is 1.38. The first-order chi connectivity index (χ1) is 10.7. The Labute approximate surface area is 133 Å². The Balaban J connectivity index is 2.10.